The number of aliphatic hydroxyl groups excluding tert-OH is 1. The fourth-order valence-corrected chi connectivity index (χ4v) is 1.94. The average Bonchev–Trinajstić information content (AvgIpc) is 2.26. The number of ether oxygens (including phenoxy) is 1. The lowest BCUT2D eigenvalue weighted by molar-refractivity contribution is 0.280. The first kappa shape index (κ1) is 15.7. The third-order valence-corrected chi connectivity index (χ3v) is 3.00. The Hall–Kier alpha value is -0.290. The summed E-state index contributed by atoms with van der Waals surface area (Å²) < 4.78 is 6.12. The first-order chi connectivity index (χ1) is 7.19. The molecule has 0 aliphatic heterocycles. The summed E-state index contributed by atoms with van der Waals surface area (Å²) in [6.07, 6.45) is 1.48. The van der Waals surface area contributed by atoms with E-state index in [2.05, 4.69) is 15.9 Å². The van der Waals surface area contributed by atoms with Crippen LogP contribution in [-0.2, 0) is 0 Å². The average molecular weight is 311 g/mol. The van der Waals surface area contributed by atoms with Crippen LogP contribution in [0.1, 0.15) is 24.4 Å². The molecular weight excluding hydrogens is 293 g/mol. The van der Waals surface area contributed by atoms with Crippen molar-refractivity contribution in [3.05, 3.63) is 28.2 Å². The molecule has 1 aromatic carbocycles. The van der Waals surface area contributed by atoms with Crippen LogP contribution in [0.2, 0.25) is 0 Å². The summed E-state index contributed by atoms with van der Waals surface area (Å²) in [7, 11) is 1.63. The normalized spacial score (nSPS) is 11.8. The zero-order valence-electron chi connectivity index (χ0n) is 9.15. The first-order valence-electron chi connectivity index (χ1n) is 4.89. The summed E-state index contributed by atoms with van der Waals surface area (Å²) in [6, 6.07) is 5.66. The van der Waals surface area contributed by atoms with Crippen LogP contribution in [0.4, 0.5) is 0 Å². The van der Waals surface area contributed by atoms with Crippen molar-refractivity contribution in [2.45, 2.75) is 18.9 Å². The Balaban J connectivity index is 0.00000225. The zero-order chi connectivity index (χ0) is 11.3. The van der Waals surface area contributed by atoms with E-state index in [1.165, 1.54) is 0 Å². The van der Waals surface area contributed by atoms with Gasteiger partial charge in [-0.25, -0.2) is 0 Å². The van der Waals surface area contributed by atoms with Crippen molar-refractivity contribution in [1.29, 1.82) is 0 Å². The Kier molecular flexibility index (Phi) is 7.76. The molecule has 0 aliphatic rings. The van der Waals surface area contributed by atoms with Gasteiger partial charge in [0.1, 0.15) is 5.75 Å². The molecule has 0 fully saturated rings. The van der Waals surface area contributed by atoms with E-state index in [1.54, 1.807) is 7.11 Å². The minimum Gasteiger partial charge on any atom is -0.497 e. The molecule has 3 N–H and O–H groups in total. The number of methoxy groups -OCH3 is 1. The molecule has 1 aromatic rings. The van der Waals surface area contributed by atoms with Crippen LogP contribution in [0, 0.1) is 0 Å². The molecule has 0 radical (unpaired) electrons. The Morgan fingerprint density at radius 1 is 1.50 bits per heavy atom. The maximum Gasteiger partial charge on any atom is 0.119 e. The largest absolute Gasteiger partial charge is 0.497 e. The number of hydrogen-bond donors (Lipinski definition) is 2. The maximum atomic E-state index is 8.74. The van der Waals surface area contributed by atoms with Crippen molar-refractivity contribution in [3.63, 3.8) is 0 Å². The van der Waals surface area contributed by atoms with Gasteiger partial charge in [-0.05, 0) is 36.6 Å². The van der Waals surface area contributed by atoms with Gasteiger partial charge in [-0.1, -0.05) is 15.9 Å². The van der Waals surface area contributed by atoms with E-state index in [0.717, 1.165) is 22.2 Å². The van der Waals surface area contributed by atoms with E-state index in [9.17, 15) is 0 Å². The highest BCUT2D eigenvalue weighted by Gasteiger charge is 2.10. The molecule has 0 saturated carbocycles. The lowest BCUT2D eigenvalue weighted by Crippen LogP contribution is -2.11. The fraction of sp³-hybridized carbons (Fsp3) is 0.455. The van der Waals surface area contributed by atoms with Crippen molar-refractivity contribution in [2.75, 3.05) is 13.7 Å². The number of rotatable bonds is 5. The highest BCUT2D eigenvalue weighted by atomic mass is 79.9. The number of aliphatic hydroxyl groups is 1. The summed E-state index contributed by atoms with van der Waals surface area (Å²) in [5.74, 6) is 0.799. The predicted octanol–water partition coefficient (Wildman–Crippen LogP) is 2.65. The minimum atomic E-state index is -0.0679. The minimum absolute atomic E-state index is 0. The van der Waals surface area contributed by atoms with E-state index in [0.29, 0.717) is 6.42 Å². The smallest absolute Gasteiger partial charge is 0.119 e. The Morgan fingerprint density at radius 3 is 2.75 bits per heavy atom. The summed E-state index contributed by atoms with van der Waals surface area (Å²) >= 11 is 3.45. The highest BCUT2D eigenvalue weighted by Crippen LogP contribution is 2.28. The molecule has 0 aliphatic carbocycles. The molecule has 0 amide bonds. The predicted molar refractivity (Wildman–Crippen MR) is 71.2 cm³/mol. The summed E-state index contributed by atoms with van der Waals surface area (Å²) in [5.41, 5.74) is 7.03. The van der Waals surface area contributed by atoms with Gasteiger partial charge in [-0.3, -0.25) is 0 Å². The molecule has 0 unspecified atom stereocenters. The van der Waals surface area contributed by atoms with Gasteiger partial charge in [0.25, 0.3) is 0 Å². The van der Waals surface area contributed by atoms with Gasteiger partial charge in [0.05, 0.1) is 7.11 Å². The molecule has 0 heterocycles. The summed E-state index contributed by atoms with van der Waals surface area (Å²) in [4.78, 5) is 0. The van der Waals surface area contributed by atoms with Gasteiger partial charge in [0.15, 0.2) is 0 Å². The molecule has 0 spiro atoms. The van der Waals surface area contributed by atoms with Gasteiger partial charge in [0.2, 0.25) is 0 Å². The molecule has 16 heavy (non-hydrogen) atoms. The maximum absolute atomic E-state index is 8.74. The van der Waals surface area contributed by atoms with Gasteiger partial charge < -0.3 is 15.6 Å². The number of halogens is 2. The van der Waals surface area contributed by atoms with Crippen molar-refractivity contribution >= 4 is 28.3 Å². The fourth-order valence-electron chi connectivity index (χ4n) is 1.40. The molecule has 92 valence electrons. The molecule has 3 nitrogen and oxygen atoms in total. The standard InChI is InChI=1S/C11H16BrNO2.ClH/c1-15-8-4-5-10(12)9(7-8)11(13)3-2-6-14;/h4-5,7,11,14H,2-3,6,13H2,1H3;1H/t11-;/m1./s1. The van der Waals surface area contributed by atoms with E-state index >= 15 is 0 Å². The highest BCUT2D eigenvalue weighted by molar-refractivity contribution is 9.10. The van der Waals surface area contributed by atoms with Gasteiger partial charge >= 0.3 is 0 Å². The van der Waals surface area contributed by atoms with Crippen LogP contribution >= 0.6 is 28.3 Å². The summed E-state index contributed by atoms with van der Waals surface area (Å²) in [5, 5.41) is 8.74. The van der Waals surface area contributed by atoms with E-state index in [1.807, 2.05) is 18.2 Å². The van der Waals surface area contributed by atoms with Crippen LogP contribution < -0.4 is 10.5 Å². The molecule has 0 saturated heterocycles. The molecule has 0 bridgehead atoms. The number of nitrogens with two attached hydrogens (primary N) is 1. The van der Waals surface area contributed by atoms with Crippen molar-refractivity contribution in [1.82, 2.24) is 0 Å². The van der Waals surface area contributed by atoms with Crippen LogP contribution in [0.25, 0.3) is 0 Å². The Morgan fingerprint density at radius 2 is 2.19 bits per heavy atom. The third kappa shape index (κ3) is 4.29. The van der Waals surface area contributed by atoms with Crippen molar-refractivity contribution < 1.29 is 9.84 Å². The third-order valence-electron chi connectivity index (χ3n) is 2.28. The first-order valence-corrected chi connectivity index (χ1v) is 5.68. The van der Waals surface area contributed by atoms with Crippen LogP contribution in [0.5, 0.6) is 5.75 Å². The van der Waals surface area contributed by atoms with E-state index < -0.39 is 0 Å². The van der Waals surface area contributed by atoms with Crippen LogP contribution in [-0.4, -0.2) is 18.8 Å². The molecular formula is C11H17BrClNO2. The second kappa shape index (κ2) is 7.90. The van der Waals surface area contributed by atoms with Crippen molar-refractivity contribution in [2.24, 2.45) is 5.73 Å². The lowest BCUT2D eigenvalue weighted by Gasteiger charge is -2.14. The quantitative estimate of drug-likeness (QED) is 0.879. The van der Waals surface area contributed by atoms with Crippen LogP contribution in [0.15, 0.2) is 22.7 Å². The zero-order valence-corrected chi connectivity index (χ0v) is 11.6. The topological polar surface area (TPSA) is 55.5 Å². The number of hydrogen-bond acceptors (Lipinski definition) is 3. The van der Waals surface area contributed by atoms with E-state index in [-0.39, 0.29) is 25.1 Å². The number of benzene rings is 1. The molecule has 0 aromatic heterocycles. The Labute approximate surface area is 111 Å². The van der Waals surface area contributed by atoms with Gasteiger partial charge in [-0.15, -0.1) is 12.4 Å². The molecule has 1 rings (SSSR count). The van der Waals surface area contributed by atoms with Crippen LogP contribution in [0.3, 0.4) is 0 Å². The molecule has 1 atom stereocenters. The molecule has 5 heteroatoms. The van der Waals surface area contributed by atoms with Gasteiger partial charge in [-0.2, -0.15) is 0 Å². The lowest BCUT2D eigenvalue weighted by atomic mass is 10.0. The van der Waals surface area contributed by atoms with E-state index in [4.69, 9.17) is 15.6 Å². The second-order valence-electron chi connectivity index (χ2n) is 3.36. The van der Waals surface area contributed by atoms with Gasteiger partial charge in [0, 0.05) is 17.1 Å². The van der Waals surface area contributed by atoms with Crippen molar-refractivity contribution in [3.8, 4) is 5.75 Å². The monoisotopic (exact) mass is 309 g/mol. The Bertz CT molecular complexity index is 323. The SMILES string of the molecule is COc1ccc(Br)c([C@H](N)CCCO)c1.Cl. The second-order valence-corrected chi connectivity index (χ2v) is 4.21. The summed E-state index contributed by atoms with van der Waals surface area (Å²) in [6.45, 7) is 0.176.